The molecule has 3 aromatic carbocycles. The highest BCUT2D eigenvalue weighted by Gasteiger charge is 2.18. The van der Waals surface area contributed by atoms with E-state index < -0.39 is 0 Å². The van der Waals surface area contributed by atoms with E-state index in [1.54, 1.807) is 25.3 Å². The molecular formula is C29H27ClN2O3. The highest BCUT2D eigenvalue weighted by atomic mass is 35.5. The van der Waals surface area contributed by atoms with Gasteiger partial charge >= 0.3 is 0 Å². The zero-order valence-corrected chi connectivity index (χ0v) is 20.4. The molecule has 35 heavy (non-hydrogen) atoms. The molecule has 178 valence electrons. The van der Waals surface area contributed by atoms with Gasteiger partial charge in [-0.2, -0.15) is 5.26 Å². The predicted octanol–water partition coefficient (Wildman–Crippen LogP) is 6.62. The van der Waals surface area contributed by atoms with E-state index in [2.05, 4.69) is 6.07 Å². The molecule has 0 unspecified atom stereocenters. The third-order valence-electron chi connectivity index (χ3n) is 6.01. The van der Waals surface area contributed by atoms with Crippen molar-refractivity contribution in [3.05, 3.63) is 94.0 Å². The molecule has 3 aromatic rings. The van der Waals surface area contributed by atoms with Crippen LogP contribution in [0.25, 0.3) is 11.6 Å². The molecule has 0 radical (unpaired) electrons. The van der Waals surface area contributed by atoms with Crippen LogP contribution in [0.5, 0.6) is 11.5 Å². The number of piperidine rings is 1. The van der Waals surface area contributed by atoms with E-state index in [9.17, 15) is 10.1 Å². The Labute approximate surface area is 211 Å². The molecule has 4 rings (SSSR count). The van der Waals surface area contributed by atoms with Crippen molar-refractivity contribution in [2.45, 2.75) is 25.9 Å². The topological polar surface area (TPSA) is 62.6 Å². The zero-order valence-electron chi connectivity index (χ0n) is 19.7. The first-order chi connectivity index (χ1) is 17.1. The third kappa shape index (κ3) is 6.23. The SMILES string of the molecule is COc1cc(/C=C(/C#N)c2ccc(Cl)cc2)ccc1OCc1ccc(C(=O)N2CCCCC2)cc1. The Morgan fingerprint density at radius 1 is 0.971 bits per heavy atom. The number of rotatable bonds is 7. The number of halogens is 1. The number of likely N-dealkylation sites (tertiary alicyclic amines) is 1. The largest absolute Gasteiger partial charge is 0.493 e. The molecule has 1 fully saturated rings. The molecule has 1 aliphatic heterocycles. The van der Waals surface area contributed by atoms with Crippen LogP contribution in [0.1, 0.15) is 46.3 Å². The number of benzene rings is 3. The van der Waals surface area contributed by atoms with Crippen LogP contribution in [0.4, 0.5) is 0 Å². The van der Waals surface area contributed by atoms with Gasteiger partial charge in [0.15, 0.2) is 11.5 Å². The van der Waals surface area contributed by atoms with Crippen LogP contribution < -0.4 is 9.47 Å². The van der Waals surface area contributed by atoms with Gasteiger partial charge in [-0.15, -0.1) is 0 Å². The summed E-state index contributed by atoms with van der Waals surface area (Å²) in [7, 11) is 1.58. The molecule has 1 heterocycles. The van der Waals surface area contributed by atoms with Gasteiger partial charge in [0.05, 0.1) is 18.8 Å². The minimum atomic E-state index is 0.0952. The first kappa shape index (κ1) is 24.4. The summed E-state index contributed by atoms with van der Waals surface area (Å²) in [6.45, 7) is 2.02. The van der Waals surface area contributed by atoms with Gasteiger partial charge in [0, 0.05) is 23.7 Å². The smallest absolute Gasteiger partial charge is 0.253 e. The fourth-order valence-electron chi connectivity index (χ4n) is 4.05. The minimum absolute atomic E-state index is 0.0952. The van der Waals surface area contributed by atoms with Gasteiger partial charge in [0.1, 0.15) is 6.61 Å². The number of amides is 1. The van der Waals surface area contributed by atoms with Gasteiger partial charge < -0.3 is 14.4 Å². The van der Waals surface area contributed by atoms with E-state index in [4.69, 9.17) is 21.1 Å². The van der Waals surface area contributed by atoms with Crippen LogP contribution in [0.15, 0.2) is 66.7 Å². The lowest BCUT2D eigenvalue weighted by Gasteiger charge is -2.26. The highest BCUT2D eigenvalue weighted by Crippen LogP contribution is 2.31. The summed E-state index contributed by atoms with van der Waals surface area (Å²) < 4.78 is 11.5. The molecule has 0 atom stereocenters. The second-order valence-corrected chi connectivity index (χ2v) is 8.86. The van der Waals surface area contributed by atoms with Crippen molar-refractivity contribution in [2.24, 2.45) is 0 Å². The molecule has 1 saturated heterocycles. The van der Waals surface area contributed by atoms with Crippen molar-refractivity contribution >= 4 is 29.2 Å². The van der Waals surface area contributed by atoms with Crippen molar-refractivity contribution < 1.29 is 14.3 Å². The molecule has 5 nitrogen and oxygen atoms in total. The first-order valence-corrected chi connectivity index (χ1v) is 12.0. The maximum atomic E-state index is 12.7. The summed E-state index contributed by atoms with van der Waals surface area (Å²) in [4.78, 5) is 14.6. The molecule has 6 heteroatoms. The number of methoxy groups -OCH3 is 1. The van der Waals surface area contributed by atoms with Gasteiger partial charge in [-0.1, -0.05) is 41.9 Å². The average Bonchev–Trinajstić information content (AvgIpc) is 2.91. The molecule has 0 spiro atoms. The van der Waals surface area contributed by atoms with Crippen LogP contribution in [0.3, 0.4) is 0 Å². The standard InChI is InChI=1S/C29H27ClN2O3/c1-34-28-18-22(17-25(19-31)23-10-12-26(30)13-11-23)7-14-27(28)35-20-21-5-8-24(9-6-21)29(33)32-15-3-2-4-16-32/h5-14,17-18H,2-4,15-16,20H2,1H3/b25-17-. The zero-order chi connectivity index (χ0) is 24.6. The van der Waals surface area contributed by atoms with E-state index in [1.807, 2.05) is 59.5 Å². The number of allylic oxidation sites excluding steroid dienone is 1. The van der Waals surface area contributed by atoms with Gasteiger partial charge in [0.2, 0.25) is 0 Å². The lowest BCUT2D eigenvalue weighted by molar-refractivity contribution is 0.0724. The van der Waals surface area contributed by atoms with Crippen LogP contribution in [0.2, 0.25) is 5.02 Å². The van der Waals surface area contributed by atoms with E-state index in [0.29, 0.717) is 34.3 Å². The molecule has 0 N–H and O–H groups in total. The fourth-order valence-corrected chi connectivity index (χ4v) is 4.18. The fraction of sp³-hybridized carbons (Fsp3) is 0.241. The Morgan fingerprint density at radius 2 is 1.66 bits per heavy atom. The number of carbonyl (C=O) groups excluding carboxylic acids is 1. The van der Waals surface area contributed by atoms with Crippen LogP contribution >= 0.6 is 11.6 Å². The minimum Gasteiger partial charge on any atom is -0.493 e. The normalized spacial score (nSPS) is 13.7. The molecule has 0 aliphatic carbocycles. The quantitative estimate of drug-likeness (QED) is 0.278. The molecule has 0 aromatic heterocycles. The van der Waals surface area contributed by atoms with Crippen molar-refractivity contribution in [1.29, 1.82) is 5.26 Å². The number of carbonyl (C=O) groups is 1. The summed E-state index contributed by atoms with van der Waals surface area (Å²) in [6, 6.07) is 22.5. The van der Waals surface area contributed by atoms with Crippen molar-refractivity contribution in [3.8, 4) is 17.6 Å². The Morgan fingerprint density at radius 3 is 2.31 bits per heavy atom. The van der Waals surface area contributed by atoms with E-state index >= 15 is 0 Å². The monoisotopic (exact) mass is 486 g/mol. The summed E-state index contributed by atoms with van der Waals surface area (Å²) in [5.74, 6) is 1.27. The Kier molecular flexibility index (Phi) is 8.07. The molecule has 0 saturated carbocycles. The van der Waals surface area contributed by atoms with Crippen molar-refractivity contribution in [3.63, 3.8) is 0 Å². The van der Waals surface area contributed by atoms with Gasteiger partial charge in [-0.25, -0.2) is 0 Å². The second-order valence-electron chi connectivity index (χ2n) is 8.43. The van der Waals surface area contributed by atoms with E-state index in [-0.39, 0.29) is 5.91 Å². The molecule has 1 aliphatic rings. The number of nitriles is 1. The number of nitrogens with zero attached hydrogens (tertiary/aromatic N) is 2. The number of hydrogen-bond donors (Lipinski definition) is 0. The maximum Gasteiger partial charge on any atom is 0.253 e. The van der Waals surface area contributed by atoms with Crippen molar-refractivity contribution in [1.82, 2.24) is 4.90 Å². The summed E-state index contributed by atoms with van der Waals surface area (Å²) >= 11 is 5.95. The number of ether oxygens (including phenoxy) is 2. The van der Waals surface area contributed by atoms with E-state index in [1.165, 1.54) is 6.42 Å². The van der Waals surface area contributed by atoms with Gasteiger partial charge in [-0.3, -0.25) is 4.79 Å². The predicted molar refractivity (Wildman–Crippen MR) is 138 cm³/mol. The lowest BCUT2D eigenvalue weighted by Crippen LogP contribution is -2.35. The van der Waals surface area contributed by atoms with Crippen LogP contribution in [0, 0.1) is 11.3 Å². The first-order valence-electron chi connectivity index (χ1n) is 11.6. The van der Waals surface area contributed by atoms with Crippen LogP contribution in [-0.4, -0.2) is 31.0 Å². The Bertz CT molecular complexity index is 1240. The Hall–Kier alpha value is -3.75. The highest BCUT2D eigenvalue weighted by molar-refractivity contribution is 6.30. The third-order valence-corrected chi connectivity index (χ3v) is 6.26. The lowest BCUT2D eigenvalue weighted by atomic mass is 10.0. The summed E-state index contributed by atoms with van der Waals surface area (Å²) in [6.07, 6.45) is 5.15. The maximum absolute atomic E-state index is 12.7. The second kappa shape index (κ2) is 11.6. The van der Waals surface area contributed by atoms with Crippen LogP contribution in [-0.2, 0) is 6.61 Å². The molecule has 0 bridgehead atoms. The van der Waals surface area contributed by atoms with E-state index in [0.717, 1.165) is 42.6 Å². The summed E-state index contributed by atoms with van der Waals surface area (Å²) in [5.41, 5.74) is 3.80. The van der Waals surface area contributed by atoms with Crippen molar-refractivity contribution in [2.75, 3.05) is 20.2 Å². The number of hydrogen-bond acceptors (Lipinski definition) is 4. The Balaban J connectivity index is 1.43. The summed E-state index contributed by atoms with van der Waals surface area (Å²) in [5, 5.41) is 10.2. The van der Waals surface area contributed by atoms with Gasteiger partial charge in [-0.05, 0) is 78.4 Å². The average molecular weight is 487 g/mol. The van der Waals surface area contributed by atoms with Gasteiger partial charge in [0.25, 0.3) is 5.91 Å². The molecule has 1 amide bonds. The molecular weight excluding hydrogens is 460 g/mol.